The monoisotopic (exact) mass is 317 g/mol. The number of carbonyl (C=O) groups is 2. The molecule has 5 nitrogen and oxygen atoms in total. The minimum Gasteiger partial charge on any atom is -0.353 e. The lowest BCUT2D eigenvalue weighted by Gasteiger charge is -2.21. The van der Waals surface area contributed by atoms with Crippen molar-refractivity contribution < 1.29 is 14.0 Å². The number of amides is 2. The predicted molar refractivity (Wildman–Crippen MR) is 81.8 cm³/mol. The van der Waals surface area contributed by atoms with E-state index in [0.29, 0.717) is 13.1 Å². The van der Waals surface area contributed by atoms with Gasteiger partial charge in [0.25, 0.3) is 5.91 Å². The van der Waals surface area contributed by atoms with E-state index in [0.717, 1.165) is 0 Å². The molecule has 1 aromatic rings. The van der Waals surface area contributed by atoms with Crippen LogP contribution in [0.1, 0.15) is 24.2 Å². The fraction of sp³-hybridized carbons (Fsp3) is 0.429. The summed E-state index contributed by atoms with van der Waals surface area (Å²) >= 11 is 0. The maximum Gasteiger partial charge on any atom is 0.254 e. The van der Waals surface area contributed by atoms with Gasteiger partial charge in [0, 0.05) is 13.1 Å². The molecule has 4 N–H and O–H groups in total. The third-order valence-electron chi connectivity index (χ3n) is 2.80. The first kappa shape index (κ1) is 19.3. The average molecular weight is 318 g/mol. The van der Waals surface area contributed by atoms with Crippen molar-refractivity contribution in [1.82, 2.24) is 10.6 Å². The summed E-state index contributed by atoms with van der Waals surface area (Å²) in [5.41, 5.74) is 5.23. The lowest BCUT2D eigenvalue weighted by atomic mass is 10.0. The molecule has 0 saturated carbocycles. The zero-order valence-electron chi connectivity index (χ0n) is 12.1. The average Bonchev–Trinajstić information content (AvgIpc) is 2.42. The largest absolute Gasteiger partial charge is 0.353 e. The zero-order chi connectivity index (χ0) is 15.1. The molecule has 0 heterocycles. The molecule has 0 spiro atoms. The van der Waals surface area contributed by atoms with Crippen LogP contribution in [-0.2, 0) is 4.79 Å². The highest BCUT2D eigenvalue weighted by atomic mass is 35.5. The van der Waals surface area contributed by atoms with E-state index in [9.17, 15) is 14.0 Å². The smallest absolute Gasteiger partial charge is 0.254 e. The number of nitrogens with one attached hydrogen (secondary N) is 2. The van der Waals surface area contributed by atoms with Crippen LogP contribution in [0.4, 0.5) is 4.39 Å². The molecule has 1 rings (SSSR count). The molecule has 0 aliphatic carbocycles. The zero-order valence-corrected chi connectivity index (χ0v) is 12.9. The fourth-order valence-corrected chi connectivity index (χ4v) is 1.70. The van der Waals surface area contributed by atoms with Gasteiger partial charge in [-0.1, -0.05) is 26.0 Å². The Morgan fingerprint density at radius 1 is 1.29 bits per heavy atom. The summed E-state index contributed by atoms with van der Waals surface area (Å²) < 4.78 is 13.5. The van der Waals surface area contributed by atoms with Gasteiger partial charge in [-0.05, 0) is 18.1 Å². The predicted octanol–water partition coefficient (Wildman–Crippen LogP) is 1.08. The van der Waals surface area contributed by atoms with Gasteiger partial charge < -0.3 is 16.4 Å². The fourth-order valence-electron chi connectivity index (χ4n) is 1.70. The van der Waals surface area contributed by atoms with E-state index in [1.807, 2.05) is 0 Å². The van der Waals surface area contributed by atoms with Crippen molar-refractivity contribution in [3.63, 3.8) is 0 Å². The summed E-state index contributed by atoms with van der Waals surface area (Å²) in [6.45, 7) is 4.25. The van der Waals surface area contributed by atoms with Crippen LogP contribution in [0.3, 0.4) is 0 Å². The van der Waals surface area contributed by atoms with Crippen LogP contribution >= 0.6 is 12.4 Å². The molecule has 21 heavy (non-hydrogen) atoms. The highest BCUT2D eigenvalue weighted by Crippen LogP contribution is 2.08. The van der Waals surface area contributed by atoms with Gasteiger partial charge in [0.1, 0.15) is 11.9 Å². The van der Waals surface area contributed by atoms with E-state index >= 15 is 0 Å². The second-order valence-corrected chi connectivity index (χ2v) is 4.75. The number of hydrogen-bond donors (Lipinski definition) is 3. The minimum absolute atomic E-state index is 0. The van der Waals surface area contributed by atoms with Crippen LogP contribution in [0.25, 0.3) is 0 Å². The summed E-state index contributed by atoms with van der Waals surface area (Å²) in [7, 11) is 0. The summed E-state index contributed by atoms with van der Waals surface area (Å²) in [6, 6.07) is 4.92. The SMILES string of the molecule is CC(C)C(NC(=O)c1ccccc1F)C(=O)NCCN.Cl. The van der Waals surface area contributed by atoms with Crippen LogP contribution in [0.5, 0.6) is 0 Å². The van der Waals surface area contributed by atoms with Crippen LogP contribution in [-0.4, -0.2) is 30.9 Å². The number of halogens is 2. The molecule has 1 aromatic carbocycles. The molecule has 0 aliphatic rings. The molecule has 0 saturated heterocycles. The molecule has 0 fully saturated rings. The number of hydrogen-bond acceptors (Lipinski definition) is 3. The number of nitrogens with two attached hydrogens (primary N) is 1. The van der Waals surface area contributed by atoms with E-state index in [2.05, 4.69) is 10.6 Å². The van der Waals surface area contributed by atoms with E-state index in [-0.39, 0.29) is 29.8 Å². The van der Waals surface area contributed by atoms with Gasteiger partial charge in [-0.15, -0.1) is 12.4 Å². The third-order valence-corrected chi connectivity index (χ3v) is 2.80. The Balaban J connectivity index is 0.00000400. The van der Waals surface area contributed by atoms with Crippen molar-refractivity contribution in [3.8, 4) is 0 Å². The van der Waals surface area contributed by atoms with Gasteiger partial charge in [0.15, 0.2) is 0 Å². The van der Waals surface area contributed by atoms with Crippen LogP contribution in [0, 0.1) is 11.7 Å². The number of rotatable bonds is 6. The van der Waals surface area contributed by atoms with Gasteiger partial charge in [-0.3, -0.25) is 9.59 Å². The Bertz CT molecular complexity index is 483. The lowest BCUT2D eigenvalue weighted by Crippen LogP contribution is -2.50. The maximum atomic E-state index is 13.5. The lowest BCUT2D eigenvalue weighted by molar-refractivity contribution is -0.123. The molecule has 7 heteroatoms. The number of benzene rings is 1. The summed E-state index contributed by atoms with van der Waals surface area (Å²) in [4.78, 5) is 23.9. The molecule has 0 bridgehead atoms. The first-order valence-corrected chi connectivity index (χ1v) is 6.50. The molecule has 1 atom stereocenters. The van der Waals surface area contributed by atoms with Crippen molar-refractivity contribution in [2.24, 2.45) is 11.7 Å². The molecular formula is C14H21ClFN3O2. The Morgan fingerprint density at radius 3 is 2.43 bits per heavy atom. The van der Waals surface area contributed by atoms with Crippen molar-refractivity contribution >= 4 is 24.2 Å². The second-order valence-electron chi connectivity index (χ2n) is 4.75. The first-order chi connectivity index (χ1) is 9.47. The second kappa shape index (κ2) is 9.31. The van der Waals surface area contributed by atoms with Gasteiger partial charge >= 0.3 is 0 Å². The molecule has 118 valence electrons. The third kappa shape index (κ3) is 5.69. The Hall–Kier alpha value is -1.66. The van der Waals surface area contributed by atoms with Gasteiger partial charge in [-0.25, -0.2) is 4.39 Å². The van der Waals surface area contributed by atoms with Gasteiger partial charge in [0.05, 0.1) is 5.56 Å². The van der Waals surface area contributed by atoms with E-state index in [1.54, 1.807) is 19.9 Å². The number of carbonyl (C=O) groups excluding carboxylic acids is 2. The molecular weight excluding hydrogens is 297 g/mol. The van der Waals surface area contributed by atoms with E-state index in [4.69, 9.17) is 5.73 Å². The van der Waals surface area contributed by atoms with E-state index in [1.165, 1.54) is 18.2 Å². The van der Waals surface area contributed by atoms with Crippen molar-refractivity contribution in [2.75, 3.05) is 13.1 Å². The topological polar surface area (TPSA) is 84.2 Å². The molecule has 2 amide bonds. The van der Waals surface area contributed by atoms with E-state index < -0.39 is 17.8 Å². The summed E-state index contributed by atoms with van der Waals surface area (Å²) in [5.74, 6) is -1.67. The summed E-state index contributed by atoms with van der Waals surface area (Å²) in [5, 5.41) is 5.16. The van der Waals surface area contributed by atoms with Crippen molar-refractivity contribution in [1.29, 1.82) is 0 Å². The standard InChI is InChI=1S/C14H20FN3O2.ClH/c1-9(2)12(14(20)17-8-7-16)18-13(19)10-5-3-4-6-11(10)15;/h3-6,9,12H,7-8,16H2,1-2H3,(H,17,20)(H,18,19);1H. The Labute approximate surface area is 129 Å². The molecule has 0 aromatic heterocycles. The highest BCUT2D eigenvalue weighted by Gasteiger charge is 2.25. The van der Waals surface area contributed by atoms with Crippen molar-refractivity contribution in [3.05, 3.63) is 35.6 Å². The minimum atomic E-state index is -0.728. The van der Waals surface area contributed by atoms with Gasteiger partial charge in [0.2, 0.25) is 5.91 Å². The maximum absolute atomic E-state index is 13.5. The van der Waals surface area contributed by atoms with Crippen LogP contribution in [0.15, 0.2) is 24.3 Å². The Kier molecular flexibility index (Phi) is 8.57. The molecule has 0 aliphatic heterocycles. The van der Waals surface area contributed by atoms with Crippen LogP contribution in [0.2, 0.25) is 0 Å². The Morgan fingerprint density at radius 2 is 1.90 bits per heavy atom. The first-order valence-electron chi connectivity index (χ1n) is 6.50. The molecule has 1 unspecified atom stereocenters. The van der Waals surface area contributed by atoms with Crippen LogP contribution < -0.4 is 16.4 Å². The van der Waals surface area contributed by atoms with Crippen molar-refractivity contribution in [2.45, 2.75) is 19.9 Å². The van der Waals surface area contributed by atoms with Gasteiger partial charge in [-0.2, -0.15) is 0 Å². The quantitative estimate of drug-likeness (QED) is 0.734. The highest BCUT2D eigenvalue weighted by molar-refractivity contribution is 5.97. The summed E-state index contributed by atoms with van der Waals surface area (Å²) in [6.07, 6.45) is 0. The normalized spacial score (nSPS) is 11.5. The molecule has 0 radical (unpaired) electrons.